The monoisotopic (exact) mass is 498 g/mol. The predicted molar refractivity (Wildman–Crippen MR) is 130 cm³/mol. The first-order valence-corrected chi connectivity index (χ1v) is 13.1. The largest absolute Gasteiger partial charge is 0.497 e. The zero-order valence-corrected chi connectivity index (χ0v) is 20.6. The van der Waals surface area contributed by atoms with Crippen LogP contribution in [0, 0.1) is 0 Å². The molecular weight excluding hydrogens is 468 g/mol. The van der Waals surface area contributed by atoms with E-state index in [1.165, 1.54) is 4.90 Å². The molecule has 2 aromatic rings. The second-order valence-corrected chi connectivity index (χ2v) is 10.2. The molecule has 8 nitrogen and oxygen atoms in total. The first-order valence-electron chi connectivity index (χ1n) is 11.8. The molecule has 0 N–H and O–H groups in total. The second-order valence-electron chi connectivity index (χ2n) is 8.71. The number of Topliss-reactive ketones (excluding diaryl/α,β-unsaturated/α-hetero) is 1. The van der Waals surface area contributed by atoms with E-state index in [-0.39, 0.29) is 24.1 Å². The summed E-state index contributed by atoms with van der Waals surface area (Å²) >= 11 is 0. The van der Waals surface area contributed by atoms with Gasteiger partial charge in [0.05, 0.1) is 29.7 Å². The fourth-order valence-electron chi connectivity index (χ4n) is 4.64. The molecule has 2 heterocycles. The van der Waals surface area contributed by atoms with Crippen molar-refractivity contribution < 1.29 is 28.1 Å². The number of amides is 2. The molecule has 0 radical (unpaired) electrons. The molecule has 9 heteroatoms. The highest BCUT2D eigenvalue weighted by Gasteiger charge is 2.42. The van der Waals surface area contributed by atoms with Gasteiger partial charge in [-0.05, 0) is 55.5 Å². The van der Waals surface area contributed by atoms with E-state index in [0.717, 1.165) is 5.56 Å². The van der Waals surface area contributed by atoms with Crippen molar-refractivity contribution in [2.45, 2.75) is 49.3 Å². The number of nitrogens with zero attached hydrogens (tertiary/aromatic N) is 2. The Hall–Kier alpha value is -3.20. The molecule has 2 aliphatic rings. The minimum absolute atomic E-state index is 0.138. The Bertz CT molecular complexity index is 1080. The third-order valence-corrected chi connectivity index (χ3v) is 7.83. The average Bonchev–Trinajstić information content (AvgIpc) is 3.58. The van der Waals surface area contributed by atoms with Crippen LogP contribution in [-0.2, 0) is 31.7 Å². The van der Waals surface area contributed by atoms with Crippen LogP contribution in [0.25, 0.3) is 0 Å². The summed E-state index contributed by atoms with van der Waals surface area (Å²) in [6.45, 7) is 1.03. The molecule has 0 aliphatic carbocycles. The Balaban J connectivity index is 1.36. The minimum Gasteiger partial charge on any atom is -0.497 e. The van der Waals surface area contributed by atoms with Gasteiger partial charge in [-0.1, -0.05) is 30.3 Å². The molecule has 35 heavy (non-hydrogen) atoms. The number of benzene rings is 2. The number of methoxy groups -OCH3 is 1. The molecule has 3 atom stereocenters. The van der Waals surface area contributed by atoms with Crippen LogP contribution in [0.15, 0.2) is 59.5 Å². The summed E-state index contributed by atoms with van der Waals surface area (Å²) < 4.78 is 23.3. The molecule has 2 amide bonds. The van der Waals surface area contributed by atoms with E-state index in [2.05, 4.69) is 0 Å². The maximum absolute atomic E-state index is 13.4. The summed E-state index contributed by atoms with van der Waals surface area (Å²) in [6, 6.07) is 14.9. The first kappa shape index (κ1) is 24.9. The highest BCUT2D eigenvalue weighted by molar-refractivity contribution is 7.85. The SMILES string of the molecule is COc1ccc(S(=O)CC(=O)[C@@H]2CCCN2C(=O)[C@H]2CCCN2C(=O)OCc2ccccc2)cc1. The lowest BCUT2D eigenvalue weighted by Crippen LogP contribution is -2.51. The Labute approximate surface area is 207 Å². The van der Waals surface area contributed by atoms with Gasteiger partial charge in [0.15, 0.2) is 5.78 Å². The summed E-state index contributed by atoms with van der Waals surface area (Å²) in [5.41, 5.74) is 0.873. The van der Waals surface area contributed by atoms with Gasteiger partial charge in [-0.15, -0.1) is 0 Å². The molecule has 2 aromatic carbocycles. The van der Waals surface area contributed by atoms with Crippen molar-refractivity contribution >= 4 is 28.6 Å². The van der Waals surface area contributed by atoms with Gasteiger partial charge in [-0.2, -0.15) is 0 Å². The molecule has 2 aliphatic heterocycles. The number of likely N-dealkylation sites (tertiary alicyclic amines) is 2. The lowest BCUT2D eigenvalue weighted by Gasteiger charge is -2.30. The standard InChI is InChI=1S/C26H30N2O6S/c1-33-20-11-13-21(14-12-20)35(32)18-24(29)22-9-5-15-27(22)25(30)23-10-6-16-28(23)26(31)34-17-19-7-3-2-4-8-19/h2-4,7-8,11-14,22-23H,5-6,9-10,15-18H2,1H3/t22-,23+,35?/m0/s1. The maximum atomic E-state index is 13.4. The Morgan fingerprint density at radius 1 is 0.914 bits per heavy atom. The van der Waals surface area contributed by atoms with Crippen molar-refractivity contribution in [3.63, 3.8) is 0 Å². The number of ether oxygens (including phenoxy) is 2. The summed E-state index contributed by atoms with van der Waals surface area (Å²) in [5.74, 6) is 0.0355. The van der Waals surface area contributed by atoms with Gasteiger partial charge in [0.25, 0.3) is 0 Å². The van der Waals surface area contributed by atoms with E-state index in [0.29, 0.717) is 49.4 Å². The normalized spacial score (nSPS) is 20.5. The predicted octanol–water partition coefficient (Wildman–Crippen LogP) is 3.16. The first-order chi connectivity index (χ1) is 17.0. The van der Waals surface area contributed by atoms with Gasteiger partial charge < -0.3 is 14.4 Å². The number of carbonyl (C=O) groups excluding carboxylic acids is 3. The van der Waals surface area contributed by atoms with E-state index in [4.69, 9.17) is 9.47 Å². The van der Waals surface area contributed by atoms with Crippen LogP contribution in [0.1, 0.15) is 31.2 Å². The van der Waals surface area contributed by atoms with Crippen LogP contribution in [-0.4, -0.2) is 69.8 Å². The van der Waals surface area contributed by atoms with Crippen LogP contribution in [0.4, 0.5) is 4.79 Å². The average molecular weight is 499 g/mol. The highest BCUT2D eigenvalue weighted by Crippen LogP contribution is 2.26. The van der Waals surface area contributed by atoms with Crippen molar-refractivity contribution in [1.29, 1.82) is 0 Å². The van der Waals surface area contributed by atoms with Crippen LogP contribution in [0.5, 0.6) is 5.75 Å². The van der Waals surface area contributed by atoms with Crippen LogP contribution >= 0.6 is 0 Å². The van der Waals surface area contributed by atoms with Crippen LogP contribution in [0.2, 0.25) is 0 Å². The second kappa shape index (κ2) is 11.5. The van der Waals surface area contributed by atoms with Crippen molar-refractivity contribution in [2.75, 3.05) is 26.0 Å². The Morgan fingerprint density at radius 2 is 1.57 bits per heavy atom. The van der Waals surface area contributed by atoms with Gasteiger partial charge in [-0.3, -0.25) is 18.7 Å². The molecule has 0 bridgehead atoms. The van der Waals surface area contributed by atoms with E-state index in [9.17, 15) is 18.6 Å². The fraction of sp³-hybridized carbons (Fsp3) is 0.423. The molecule has 186 valence electrons. The number of ketones is 1. The summed E-state index contributed by atoms with van der Waals surface area (Å²) in [5, 5.41) is 0. The number of rotatable bonds is 8. The lowest BCUT2D eigenvalue weighted by atomic mass is 10.1. The highest BCUT2D eigenvalue weighted by atomic mass is 32.2. The molecule has 2 fully saturated rings. The number of hydrogen-bond donors (Lipinski definition) is 0. The third-order valence-electron chi connectivity index (χ3n) is 6.48. The van der Waals surface area contributed by atoms with Gasteiger partial charge in [0, 0.05) is 18.0 Å². The van der Waals surface area contributed by atoms with E-state index in [1.54, 1.807) is 36.3 Å². The summed E-state index contributed by atoms with van der Waals surface area (Å²) in [7, 11) is 0.0385. The lowest BCUT2D eigenvalue weighted by molar-refractivity contribution is -0.140. The molecule has 2 saturated heterocycles. The molecule has 0 aromatic heterocycles. The van der Waals surface area contributed by atoms with Crippen molar-refractivity contribution in [2.24, 2.45) is 0 Å². The Kier molecular flexibility index (Phi) is 8.17. The van der Waals surface area contributed by atoms with Gasteiger partial charge in [0.2, 0.25) is 5.91 Å². The van der Waals surface area contributed by atoms with E-state index in [1.807, 2.05) is 30.3 Å². The topological polar surface area (TPSA) is 93.2 Å². The van der Waals surface area contributed by atoms with Crippen LogP contribution < -0.4 is 4.74 Å². The van der Waals surface area contributed by atoms with Crippen molar-refractivity contribution in [1.82, 2.24) is 9.80 Å². The summed E-state index contributed by atoms with van der Waals surface area (Å²) in [6.07, 6.45) is 1.95. The third kappa shape index (κ3) is 5.90. The van der Waals surface area contributed by atoms with Crippen molar-refractivity contribution in [3.8, 4) is 5.75 Å². The molecule has 1 unspecified atom stereocenters. The Morgan fingerprint density at radius 3 is 2.26 bits per heavy atom. The smallest absolute Gasteiger partial charge is 0.410 e. The molecule has 4 rings (SSSR count). The number of carbonyl (C=O) groups is 3. The fourth-order valence-corrected chi connectivity index (χ4v) is 5.69. The zero-order chi connectivity index (χ0) is 24.8. The molecular formula is C26H30N2O6S. The van der Waals surface area contributed by atoms with Crippen molar-refractivity contribution in [3.05, 3.63) is 60.2 Å². The molecule has 0 spiro atoms. The van der Waals surface area contributed by atoms with Gasteiger partial charge >= 0.3 is 6.09 Å². The summed E-state index contributed by atoms with van der Waals surface area (Å²) in [4.78, 5) is 42.8. The van der Waals surface area contributed by atoms with E-state index >= 15 is 0 Å². The van der Waals surface area contributed by atoms with Gasteiger partial charge in [-0.25, -0.2) is 4.79 Å². The quantitative estimate of drug-likeness (QED) is 0.555. The number of hydrogen-bond acceptors (Lipinski definition) is 6. The molecule has 0 saturated carbocycles. The van der Waals surface area contributed by atoms with Crippen LogP contribution in [0.3, 0.4) is 0 Å². The van der Waals surface area contributed by atoms with E-state index < -0.39 is 29.0 Å². The zero-order valence-electron chi connectivity index (χ0n) is 19.8. The van der Waals surface area contributed by atoms with Gasteiger partial charge in [0.1, 0.15) is 18.4 Å². The minimum atomic E-state index is -1.51. The maximum Gasteiger partial charge on any atom is 0.410 e.